The standard InChI is InChI=1S/C25H18F3NO5/c1-32-17-9-10-19(21(13-17)33-2)23(30)29-16-8-7-15-11-14-5-3-4-6-18(14)22(20(15)12-16)34-24(31)25(26,27)28/h3-13H,1-2H3,(H,29,30). The lowest BCUT2D eigenvalue weighted by molar-refractivity contribution is -0.189. The molecule has 0 bridgehead atoms. The van der Waals surface area contributed by atoms with Gasteiger partial charge in [0.15, 0.2) is 0 Å². The van der Waals surface area contributed by atoms with Gasteiger partial charge in [-0.2, -0.15) is 13.2 Å². The molecule has 0 saturated heterocycles. The van der Waals surface area contributed by atoms with Crippen LogP contribution in [0.3, 0.4) is 0 Å². The van der Waals surface area contributed by atoms with E-state index < -0.39 is 18.1 Å². The third-order valence-corrected chi connectivity index (χ3v) is 5.15. The van der Waals surface area contributed by atoms with Crippen molar-refractivity contribution in [1.82, 2.24) is 0 Å². The van der Waals surface area contributed by atoms with Gasteiger partial charge in [0.25, 0.3) is 5.91 Å². The van der Waals surface area contributed by atoms with Gasteiger partial charge in [0.05, 0.1) is 19.8 Å². The Morgan fingerprint density at radius 3 is 2.26 bits per heavy atom. The molecule has 0 unspecified atom stereocenters. The summed E-state index contributed by atoms with van der Waals surface area (Å²) < 4.78 is 54.0. The van der Waals surface area contributed by atoms with Crippen LogP contribution in [-0.4, -0.2) is 32.3 Å². The van der Waals surface area contributed by atoms with Crippen LogP contribution in [0, 0.1) is 0 Å². The zero-order valence-corrected chi connectivity index (χ0v) is 18.0. The highest BCUT2D eigenvalue weighted by atomic mass is 19.4. The van der Waals surface area contributed by atoms with Crippen molar-refractivity contribution in [2.75, 3.05) is 19.5 Å². The average molecular weight is 469 g/mol. The van der Waals surface area contributed by atoms with Crippen LogP contribution in [0.1, 0.15) is 10.4 Å². The molecule has 9 heteroatoms. The maximum atomic E-state index is 12.9. The van der Waals surface area contributed by atoms with E-state index in [1.165, 1.54) is 26.4 Å². The van der Waals surface area contributed by atoms with Crippen molar-refractivity contribution < 1.29 is 37.0 Å². The number of ether oxygens (including phenoxy) is 3. The van der Waals surface area contributed by atoms with E-state index in [0.717, 1.165) is 0 Å². The summed E-state index contributed by atoms with van der Waals surface area (Å²) in [6, 6.07) is 17.7. The van der Waals surface area contributed by atoms with Crippen LogP contribution in [0.15, 0.2) is 66.7 Å². The minimum absolute atomic E-state index is 0.227. The molecule has 0 atom stereocenters. The van der Waals surface area contributed by atoms with E-state index >= 15 is 0 Å². The predicted molar refractivity (Wildman–Crippen MR) is 121 cm³/mol. The molecular formula is C25H18F3NO5. The number of nitrogens with one attached hydrogen (secondary N) is 1. The van der Waals surface area contributed by atoms with Crippen LogP contribution in [0.5, 0.6) is 17.2 Å². The lowest BCUT2D eigenvalue weighted by atomic mass is 10.0. The van der Waals surface area contributed by atoms with Crippen molar-refractivity contribution in [3.05, 3.63) is 72.3 Å². The van der Waals surface area contributed by atoms with Crippen molar-refractivity contribution in [2.45, 2.75) is 6.18 Å². The summed E-state index contributed by atoms with van der Waals surface area (Å²) in [7, 11) is 2.89. The zero-order valence-electron chi connectivity index (χ0n) is 18.0. The number of benzene rings is 4. The van der Waals surface area contributed by atoms with Crippen molar-refractivity contribution in [2.24, 2.45) is 0 Å². The Hall–Kier alpha value is -4.27. The Balaban J connectivity index is 1.77. The third-order valence-electron chi connectivity index (χ3n) is 5.15. The van der Waals surface area contributed by atoms with Crippen molar-refractivity contribution >= 4 is 39.1 Å². The van der Waals surface area contributed by atoms with E-state index in [0.29, 0.717) is 21.9 Å². The first-order chi connectivity index (χ1) is 16.2. The Labute approximate surface area is 191 Å². The number of amides is 1. The van der Waals surface area contributed by atoms with E-state index in [1.54, 1.807) is 54.6 Å². The van der Waals surface area contributed by atoms with Gasteiger partial charge in [-0.3, -0.25) is 4.79 Å². The summed E-state index contributed by atoms with van der Waals surface area (Å²) in [5.41, 5.74) is 0.514. The van der Waals surface area contributed by atoms with Gasteiger partial charge in [0.1, 0.15) is 17.2 Å². The number of alkyl halides is 3. The van der Waals surface area contributed by atoms with Gasteiger partial charge in [-0.15, -0.1) is 0 Å². The number of methoxy groups -OCH3 is 2. The summed E-state index contributed by atoms with van der Waals surface area (Å²) in [6.45, 7) is 0. The van der Waals surface area contributed by atoms with Gasteiger partial charge in [-0.05, 0) is 41.1 Å². The van der Waals surface area contributed by atoms with E-state index in [-0.39, 0.29) is 28.1 Å². The first kappa shape index (κ1) is 22.9. The maximum Gasteiger partial charge on any atom is 0.491 e. The number of hydrogen-bond acceptors (Lipinski definition) is 5. The fourth-order valence-corrected chi connectivity index (χ4v) is 3.54. The van der Waals surface area contributed by atoms with Gasteiger partial charge in [0, 0.05) is 22.5 Å². The molecule has 0 aliphatic carbocycles. The summed E-state index contributed by atoms with van der Waals surface area (Å²) in [4.78, 5) is 24.5. The highest BCUT2D eigenvalue weighted by Crippen LogP contribution is 2.37. The molecule has 0 fully saturated rings. The van der Waals surface area contributed by atoms with Crippen LogP contribution >= 0.6 is 0 Å². The monoisotopic (exact) mass is 469 g/mol. The number of rotatable bonds is 5. The number of halogens is 3. The van der Waals surface area contributed by atoms with Gasteiger partial charge in [-0.25, -0.2) is 4.79 Å². The number of carbonyl (C=O) groups excluding carboxylic acids is 2. The predicted octanol–water partition coefficient (Wildman–Crippen LogP) is 5.73. The topological polar surface area (TPSA) is 73.9 Å². The second-order valence-electron chi connectivity index (χ2n) is 7.27. The first-order valence-corrected chi connectivity index (χ1v) is 9.99. The highest BCUT2D eigenvalue weighted by molar-refractivity contribution is 6.10. The number of fused-ring (bicyclic) bond motifs is 2. The molecule has 0 saturated carbocycles. The molecule has 6 nitrogen and oxygen atoms in total. The highest BCUT2D eigenvalue weighted by Gasteiger charge is 2.41. The molecule has 1 N–H and O–H groups in total. The molecule has 34 heavy (non-hydrogen) atoms. The fourth-order valence-electron chi connectivity index (χ4n) is 3.54. The molecule has 1 amide bonds. The normalized spacial score (nSPS) is 11.3. The second-order valence-corrected chi connectivity index (χ2v) is 7.27. The van der Waals surface area contributed by atoms with E-state index in [1.807, 2.05) is 0 Å². The molecule has 174 valence electrons. The Morgan fingerprint density at radius 1 is 0.824 bits per heavy atom. The first-order valence-electron chi connectivity index (χ1n) is 9.99. The number of hydrogen-bond donors (Lipinski definition) is 1. The summed E-state index contributed by atoms with van der Waals surface area (Å²) in [5.74, 6) is -2.30. The lowest BCUT2D eigenvalue weighted by Crippen LogP contribution is -2.28. The molecule has 0 radical (unpaired) electrons. The van der Waals surface area contributed by atoms with Crippen LogP contribution in [-0.2, 0) is 4.79 Å². The number of carbonyl (C=O) groups is 2. The van der Waals surface area contributed by atoms with Gasteiger partial charge < -0.3 is 19.5 Å². The summed E-state index contributed by atoms with van der Waals surface area (Å²) in [6.07, 6.45) is -5.17. The van der Waals surface area contributed by atoms with Crippen LogP contribution in [0.2, 0.25) is 0 Å². The third kappa shape index (κ3) is 4.45. The Kier molecular flexibility index (Phi) is 6.02. The summed E-state index contributed by atoms with van der Waals surface area (Å²) >= 11 is 0. The van der Waals surface area contributed by atoms with Crippen molar-refractivity contribution in [1.29, 1.82) is 0 Å². The minimum Gasteiger partial charge on any atom is -0.497 e. The largest absolute Gasteiger partial charge is 0.497 e. The molecule has 0 aromatic heterocycles. The fraction of sp³-hybridized carbons (Fsp3) is 0.120. The van der Waals surface area contributed by atoms with Crippen LogP contribution in [0.25, 0.3) is 21.5 Å². The number of esters is 1. The van der Waals surface area contributed by atoms with E-state index in [9.17, 15) is 22.8 Å². The minimum atomic E-state index is -5.17. The zero-order chi connectivity index (χ0) is 24.5. The SMILES string of the molecule is COc1ccc(C(=O)Nc2ccc3cc4ccccc4c(OC(=O)C(F)(F)F)c3c2)c(OC)c1. The smallest absolute Gasteiger partial charge is 0.491 e. The molecule has 0 spiro atoms. The molecule has 0 aliphatic rings. The van der Waals surface area contributed by atoms with Crippen molar-refractivity contribution in [3.8, 4) is 17.2 Å². The van der Waals surface area contributed by atoms with Crippen LogP contribution < -0.4 is 19.5 Å². The van der Waals surface area contributed by atoms with E-state index in [4.69, 9.17) is 14.2 Å². The Bertz CT molecular complexity index is 1420. The molecule has 4 aromatic carbocycles. The van der Waals surface area contributed by atoms with E-state index in [2.05, 4.69) is 5.32 Å². The van der Waals surface area contributed by atoms with Crippen molar-refractivity contribution in [3.63, 3.8) is 0 Å². The average Bonchev–Trinajstić information content (AvgIpc) is 2.82. The molecule has 4 aromatic rings. The van der Waals surface area contributed by atoms with Crippen LogP contribution in [0.4, 0.5) is 18.9 Å². The molecule has 4 rings (SSSR count). The van der Waals surface area contributed by atoms with Gasteiger partial charge in [-0.1, -0.05) is 30.3 Å². The molecule has 0 heterocycles. The summed E-state index contributed by atoms with van der Waals surface area (Å²) in [5, 5.41) is 4.39. The lowest BCUT2D eigenvalue weighted by Gasteiger charge is -2.15. The van der Waals surface area contributed by atoms with Gasteiger partial charge in [0.2, 0.25) is 0 Å². The maximum absolute atomic E-state index is 12.9. The molecule has 0 aliphatic heterocycles. The quantitative estimate of drug-likeness (QED) is 0.230. The van der Waals surface area contributed by atoms with Gasteiger partial charge >= 0.3 is 12.1 Å². The molecular weight excluding hydrogens is 451 g/mol. The number of anilines is 1. The second kappa shape index (κ2) is 8.93. The Morgan fingerprint density at radius 2 is 1.56 bits per heavy atom.